The minimum absolute atomic E-state index is 0.0245. The summed E-state index contributed by atoms with van der Waals surface area (Å²) in [5.41, 5.74) is 8.40. The third kappa shape index (κ3) is 4.76. The number of rotatable bonds is 6. The lowest BCUT2D eigenvalue weighted by atomic mass is 9.83. The van der Waals surface area contributed by atoms with Crippen LogP contribution in [0.25, 0.3) is 0 Å². The molecule has 1 aliphatic rings. The van der Waals surface area contributed by atoms with E-state index in [0.717, 1.165) is 15.6 Å². The molecule has 0 fully saturated rings. The number of hydrogen-bond donors (Lipinski definition) is 1. The van der Waals surface area contributed by atoms with Gasteiger partial charge in [-0.05, 0) is 48.0 Å². The molecule has 2 N–H and O–H groups in total. The Morgan fingerprint density at radius 2 is 1.82 bits per heavy atom. The van der Waals surface area contributed by atoms with Gasteiger partial charge in [0.1, 0.15) is 35.5 Å². The normalized spacial score (nSPS) is 14.5. The van der Waals surface area contributed by atoms with Crippen molar-refractivity contribution in [1.82, 2.24) is 0 Å². The predicted octanol–water partition coefficient (Wildman–Crippen LogP) is 5.45. The van der Waals surface area contributed by atoms with E-state index in [1.807, 2.05) is 24.3 Å². The molecule has 33 heavy (non-hydrogen) atoms. The van der Waals surface area contributed by atoms with Crippen LogP contribution in [-0.2, 0) is 0 Å². The fourth-order valence-corrected chi connectivity index (χ4v) is 3.77. The second kappa shape index (κ2) is 9.63. The Hall–Kier alpha value is -4.02. The van der Waals surface area contributed by atoms with Gasteiger partial charge in [-0.25, -0.2) is 4.79 Å². The molecule has 1 aliphatic heterocycles. The van der Waals surface area contributed by atoms with E-state index in [9.17, 15) is 10.1 Å². The molecular weight excluding hydrogens is 484 g/mol. The summed E-state index contributed by atoms with van der Waals surface area (Å²) >= 11 is 3.43. The molecule has 1 atom stereocenters. The highest BCUT2D eigenvalue weighted by atomic mass is 79.9. The molecule has 164 valence electrons. The van der Waals surface area contributed by atoms with Crippen LogP contribution in [0, 0.1) is 11.3 Å². The Labute approximate surface area is 199 Å². The van der Waals surface area contributed by atoms with Gasteiger partial charge in [-0.3, -0.25) is 0 Å². The minimum Gasteiger partial charge on any atom is -0.490 e. The molecular formula is C26H19BrN2O4. The zero-order valence-corrected chi connectivity index (χ0v) is 19.0. The largest absolute Gasteiger partial charge is 0.490 e. The molecule has 0 aliphatic carbocycles. The molecule has 1 unspecified atom stereocenters. The van der Waals surface area contributed by atoms with E-state index in [4.69, 9.17) is 19.9 Å². The number of nitriles is 1. The predicted molar refractivity (Wildman–Crippen MR) is 127 cm³/mol. The van der Waals surface area contributed by atoms with Crippen LogP contribution in [-0.4, -0.2) is 12.6 Å². The van der Waals surface area contributed by atoms with E-state index in [-0.39, 0.29) is 11.8 Å². The Balaban J connectivity index is 1.59. The number of ether oxygens (including phenoxy) is 3. The molecule has 4 rings (SSSR count). The van der Waals surface area contributed by atoms with Crippen LogP contribution in [0.1, 0.15) is 27.4 Å². The first-order valence-electron chi connectivity index (χ1n) is 10.0. The van der Waals surface area contributed by atoms with Gasteiger partial charge in [-0.15, -0.1) is 0 Å². The van der Waals surface area contributed by atoms with E-state index in [1.54, 1.807) is 48.5 Å². The molecule has 0 bridgehead atoms. The summed E-state index contributed by atoms with van der Waals surface area (Å²) in [6.07, 6.45) is 1.64. The smallest absolute Gasteiger partial charge is 0.343 e. The summed E-state index contributed by atoms with van der Waals surface area (Å²) < 4.78 is 17.6. The van der Waals surface area contributed by atoms with Gasteiger partial charge in [0.05, 0.1) is 11.5 Å². The zero-order chi connectivity index (χ0) is 23.4. The standard InChI is InChI=1S/C26H19BrN2O4/c1-2-13-31-19-9-5-17(6-10-19)26(30)32-20-11-12-21-23(14-20)33-25(29)22(15-28)24(21)16-3-7-18(27)8-4-16/h2-12,14,24H,1,13,29H2. The fraction of sp³-hybridized carbons (Fsp3) is 0.0769. The second-order valence-corrected chi connectivity index (χ2v) is 8.11. The third-order valence-corrected chi connectivity index (χ3v) is 5.59. The number of fused-ring (bicyclic) bond motifs is 1. The average Bonchev–Trinajstić information content (AvgIpc) is 2.82. The number of hydrogen-bond acceptors (Lipinski definition) is 6. The van der Waals surface area contributed by atoms with Crippen LogP contribution < -0.4 is 19.9 Å². The Kier molecular flexibility index (Phi) is 6.48. The average molecular weight is 503 g/mol. The topological polar surface area (TPSA) is 94.6 Å². The van der Waals surface area contributed by atoms with Crippen LogP contribution in [0.5, 0.6) is 17.2 Å². The number of carbonyl (C=O) groups excluding carboxylic acids is 1. The van der Waals surface area contributed by atoms with E-state index < -0.39 is 5.97 Å². The minimum atomic E-state index is -0.522. The van der Waals surface area contributed by atoms with Crippen molar-refractivity contribution in [2.24, 2.45) is 5.73 Å². The first kappa shape index (κ1) is 22.2. The molecule has 0 amide bonds. The van der Waals surface area contributed by atoms with Crippen molar-refractivity contribution in [1.29, 1.82) is 5.26 Å². The van der Waals surface area contributed by atoms with Crippen LogP contribution >= 0.6 is 15.9 Å². The fourth-order valence-electron chi connectivity index (χ4n) is 3.51. The zero-order valence-electron chi connectivity index (χ0n) is 17.5. The summed E-state index contributed by atoms with van der Waals surface area (Å²) in [6.45, 7) is 3.98. The quantitative estimate of drug-likeness (QED) is 0.273. The molecule has 3 aromatic rings. The summed E-state index contributed by atoms with van der Waals surface area (Å²) in [5, 5.41) is 9.68. The lowest BCUT2D eigenvalue weighted by Gasteiger charge is -2.26. The third-order valence-electron chi connectivity index (χ3n) is 5.06. The number of allylic oxidation sites excluding steroid dienone is 1. The van der Waals surface area contributed by atoms with Gasteiger partial charge in [-0.1, -0.05) is 46.8 Å². The van der Waals surface area contributed by atoms with Gasteiger partial charge in [0, 0.05) is 16.1 Å². The Bertz CT molecular complexity index is 1280. The molecule has 7 heteroatoms. The van der Waals surface area contributed by atoms with Crippen LogP contribution in [0.15, 0.2) is 95.3 Å². The van der Waals surface area contributed by atoms with Gasteiger partial charge < -0.3 is 19.9 Å². The van der Waals surface area contributed by atoms with Gasteiger partial charge in [0.2, 0.25) is 5.88 Å². The molecule has 0 spiro atoms. The van der Waals surface area contributed by atoms with E-state index >= 15 is 0 Å². The van der Waals surface area contributed by atoms with Gasteiger partial charge in [0.25, 0.3) is 0 Å². The molecule has 0 radical (unpaired) electrons. The molecule has 3 aromatic carbocycles. The summed E-state index contributed by atoms with van der Waals surface area (Å²) in [5.74, 6) is 0.470. The molecule has 0 aromatic heterocycles. The van der Waals surface area contributed by atoms with Gasteiger partial charge >= 0.3 is 5.97 Å². The number of benzene rings is 3. The molecule has 0 saturated heterocycles. The lowest BCUT2D eigenvalue weighted by Crippen LogP contribution is -2.21. The van der Waals surface area contributed by atoms with Gasteiger partial charge in [-0.2, -0.15) is 5.26 Å². The molecule has 0 saturated carbocycles. The van der Waals surface area contributed by atoms with E-state index in [0.29, 0.717) is 35.0 Å². The van der Waals surface area contributed by atoms with Crippen LogP contribution in [0.3, 0.4) is 0 Å². The van der Waals surface area contributed by atoms with E-state index in [2.05, 4.69) is 28.6 Å². The summed E-state index contributed by atoms with van der Waals surface area (Å²) in [6, 6.07) is 21.5. The first-order valence-corrected chi connectivity index (χ1v) is 10.8. The number of nitrogens with two attached hydrogens (primary N) is 1. The number of esters is 1. The number of halogens is 1. The highest BCUT2D eigenvalue weighted by molar-refractivity contribution is 9.10. The maximum Gasteiger partial charge on any atom is 0.343 e. The Morgan fingerprint density at radius 1 is 1.12 bits per heavy atom. The van der Waals surface area contributed by atoms with Crippen molar-refractivity contribution >= 4 is 21.9 Å². The van der Waals surface area contributed by atoms with Crippen molar-refractivity contribution < 1.29 is 19.0 Å². The van der Waals surface area contributed by atoms with Crippen molar-refractivity contribution in [2.75, 3.05) is 6.61 Å². The highest BCUT2D eigenvalue weighted by Crippen LogP contribution is 2.43. The first-order chi connectivity index (χ1) is 16.0. The lowest BCUT2D eigenvalue weighted by molar-refractivity contribution is 0.0734. The second-order valence-electron chi connectivity index (χ2n) is 7.19. The van der Waals surface area contributed by atoms with Crippen molar-refractivity contribution in [3.8, 4) is 23.3 Å². The highest BCUT2D eigenvalue weighted by Gasteiger charge is 2.31. The van der Waals surface area contributed by atoms with E-state index in [1.165, 1.54) is 0 Å². The molecule has 6 nitrogen and oxygen atoms in total. The number of carbonyl (C=O) groups is 1. The van der Waals surface area contributed by atoms with Gasteiger partial charge in [0.15, 0.2) is 0 Å². The summed E-state index contributed by atoms with van der Waals surface area (Å²) in [4.78, 5) is 12.6. The maximum absolute atomic E-state index is 12.6. The van der Waals surface area contributed by atoms with Crippen LogP contribution in [0.4, 0.5) is 0 Å². The monoisotopic (exact) mass is 502 g/mol. The number of nitrogens with zero attached hydrogens (tertiary/aromatic N) is 1. The van der Waals surface area contributed by atoms with Crippen molar-refractivity contribution in [3.63, 3.8) is 0 Å². The van der Waals surface area contributed by atoms with Crippen LogP contribution in [0.2, 0.25) is 0 Å². The van der Waals surface area contributed by atoms with Crippen molar-refractivity contribution in [3.05, 3.63) is 112 Å². The van der Waals surface area contributed by atoms with Crippen molar-refractivity contribution in [2.45, 2.75) is 5.92 Å². The SMILES string of the molecule is C=CCOc1ccc(C(=O)Oc2ccc3c(c2)OC(N)=C(C#N)C3c2ccc(Br)cc2)cc1. The molecule has 1 heterocycles. The maximum atomic E-state index is 12.6. The summed E-state index contributed by atoms with van der Waals surface area (Å²) in [7, 11) is 0. The Morgan fingerprint density at radius 3 is 2.48 bits per heavy atom.